The topological polar surface area (TPSA) is 49.3 Å². The number of aliphatic carboxylic acids is 1. The fourth-order valence-corrected chi connectivity index (χ4v) is 1.58. The molecule has 0 radical (unpaired) electrons. The SMILES string of the molecule is CCC[C@@H](Nc1ccc(C)c(C)c1)C(=O)O. The van der Waals surface area contributed by atoms with E-state index in [4.69, 9.17) is 5.11 Å². The second-order valence-corrected chi connectivity index (χ2v) is 4.12. The summed E-state index contributed by atoms with van der Waals surface area (Å²) in [6.45, 7) is 6.05. The highest BCUT2D eigenvalue weighted by molar-refractivity contribution is 5.77. The van der Waals surface area contributed by atoms with Crippen LogP contribution in [0.15, 0.2) is 18.2 Å². The van der Waals surface area contributed by atoms with Crippen molar-refractivity contribution in [2.45, 2.75) is 39.7 Å². The molecule has 0 aliphatic carbocycles. The molecule has 0 aliphatic heterocycles. The molecule has 0 aromatic heterocycles. The van der Waals surface area contributed by atoms with Crippen molar-refractivity contribution >= 4 is 11.7 Å². The molecule has 1 rings (SSSR count). The first-order chi connectivity index (χ1) is 7.54. The van der Waals surface area contributed by atoms with Crippen LogP contribution in [0.1, 0.15) is 30.9 Å². The lowest BCUT2D eigenvalue weighted by atomic mass is 10.1. The van der Waals surface area contributed by atoms with E-state index in [1.807, 2.05) is 39.0 Å². The van der Waals surface area contributed by atoms with Crippen LogP contribution in [0.25, 0.3) is 0 Å². The zero-order valence-corrected chi connectivity index (χ0v) is 10.1. The zero-order valence-electron chi connectivity index (χ0n) is 10.1. The van der Waals surface area contributed by atoms with E-state index in [0.717, 1.165) is 12.1 Å². The molecule has 0 spiro atoms. The van der Waals surface area contributed by atoms with Gasteiger partial charge in [-0.15, -0.1) is 0 Å². The van der Waals surface area contributed by atoms with E-state index in [1.54, 1.807) is 0 Å². The highest BCUT2D eigenvalue weighted by Gasteiger charge is 2.15. The number of aryl methyl sites for hydroxylation is 2. The van der Waals surface area contributed by atoms with Gasteiger partial charge in [0.05, 0.1) is 0 Å². The van der Waals surface area contributed by atoms with E-state index in [2.05, 4.69) is 5.32 Å². The molecule has 0 aliphatic rings. The molecule has 88 valence electrons. The Morgan fingerprint density at radius 2 is 2.06 bits per heavy atom. The zero-order chi connectivity index (χ0) is 12.1. The van der Waals surface area contributed by atoms with Crippen LogP contribution >= 0.6 is 0 Å². The van der Waals surface area contributed by atoms with Crippen molar-refractivity contribution in [3.05, 3.63) is 29.3 Å². The Bertz CT molecular complexity index is 374. The standard InChI is InChI=1S/C13H19NO2/c1-4-5-12(13(15)16)14-11-7-6-9(2)10(3)8-11/h6-8,12,14H,4-5H2,1-3H3,(H,15,16)/t12-/m1/s1. The summed E-state index contributed by atoms with van der Waals surface area (Å²) in [7, 11) is 0. The highest BCUT2D eigenvalue weighted by Crippen LogP contribution is 2.16. The van der Waals surface area contributed by atoms with Crippen LogP contribution in [0, 0.1) is 13.8 Å². The second-order valence-electron chi connectivity index (χ2n) is 4.12. The minimum absolute atomic E-state index is 0.493. The van der Waals surface area contributed by atoms with Gasteiger partial charge in [-0.05, 0) is 43.5 Å². The van der Waals surface area contributed by atoms with Crippen LogP contribution in [0.4, 0.5) is 5.69 Å². The summed E-state index contributed by atoms with van der Waals surface area (Å²) in [6, 6.07) is 5.42. The average Bonchev–Trinajstić information content (AvgIpc) is 2.22. The molecule has 16 heavy (non-hydrogen) atoms. The molecule has 0 unspecified atom stereocenters. The first kappa shape index (κ1) is 12.6. The van der Waals surface area contributed by atoms with Crippen LogP contribution in [0.5, 0.6) is 0 Å². The van der Waals surface area contributed by atoms with Gasteiger partial charge in [0.1, 0.15) is 6.04 Å². The number of hydrogen-bond acceptors (Lipinski definition) is 2. The second kappa shape index (κ2) is 5.54. The predicted octanol–water partition coefficient (Wildman–Crippen LogP) is 2.97. The van der Waals surface area contributed by atoms with Crippen molar-refractivity contribution < 1.29 is 9.90 Å². The van der Waals surface area contributed by atoms with Crippen LogP contribution in [-0.4, -0.2) is 17.1 Å². The lowest BCUT2D eigenvalue weighted by molar-refractivity contribution is -0.138. The molecule has 0 heterocycles. The summed E-state index contributed by atoms with van der Waals surface area (Å²) < 4.78 is 0. The van der Waals surface area contributed by atoms with E-state index in [-0.39, 0.29) is 0 Å². The van der Waals surface area contributed by atoms with E-state index < -0.39 is 12.0 Å². The third kappa shape index (κ3) is 3.26. The molecule has 0 bridgehead atoms. The molecule has 0 amide bonds. The lowest BCUT2D eigenvalue weighted by Crippen LogP contribution is -2.28. The van der Waals surface area contributed by atoms with Crippen molar-refractivity contribution in [2.24, 2.45) is 0 Å². The van der Waals surface area contributed by atoms with Gasteiger partial charge in [-0.25, -0.2) is 4.79 Å². The maximum atomic E-state index is 11.0. The number of rotatable bonds is 5. The van der Waals surface area contributed by atoms with Gasteiger partial charge >= 0.3 is 5.97 Å². The Kier molecular flexibility index (Phi) is 4.35. The Morgan fingerprint density at radius 1 is 1.38 bits per heavy atom. The minimum atomic E-state index is -0.792. The van der Waals surface area contributed by atoms with Crippen LogP contribution < -0.4 is 5.32 Å². The smallest absolute Gasteiger partial charge is 0.326 e. The van der Waals surface area contributed by atoms with Gasteiger partial charge in [0.2, 0.25) is 0 Å². The van der Waals surface area contributed by atoms with Crippen molar-refractivity contribution in [3.8, 4) is 0 Å². The first-order valence-electron chi connectivity index (χ1n) is 5.61. The van der Waals surface area contributed by atoms with Crippen molar-refractivity contribution in [1.82, 2.24) is 0 Å². The molecule has 3 heteroatoms. The van der Waals surface area contributed by atoms with Gasteiger partial charge in [-0.2, -0.15) is 0 Å². The largest absolute Gasteiger partial charge is 0.480 e. The molecule has 1 aromatic carbocycles. The molecular formula is C13H19NO2. The summed E-state index contributed by atoms with van der Waals surface area (Å²) in [5.74, 6) is -0.792. The normalized spacial score (nSPS) is 12.2. The third-order valence-electron chi connectivity index (χ3n) is 2.72. The highest BCUT2D eigenvalue weighted by atomic mass is 16.4. The molecule has 2 N–H and O–H groups in total. The Balaban J connectivity index is 2.77. The van der Waals surface area contributed by atoms with Gasteiger partial charge in [0.15, 0.2) is 0 Å². The molecule has 0 saturated heterocycles. The summed E-state index contributed by atoms with van der Waals surface area (Å²) in [6.07, 6.45) is 1.50. The fraction of sp³-hybridized carbons (Fsp3) is 0.462. The van der Waals surface area contributed by atoms with Crippen LogP contribution in [-0.2, 0) is 4.79 Å². The maximum Gasteiger partial charge on any atom is 0.326 e. The monoisotopic (exact) mass is 221 g/mol. The number of carboxylic acids is 1. The lowest BCUT2D eigenvalue weighted by Gasteiger charge is -2.15. The fourth-order valence-electron chi connectivity index (χ4n) is 1.58. The maximum absolute atomic E-state index is 11.0. The van der Waals surface area contributed by atoms with E-state index in [9.17, 15) is 4.79 Å². The van der Waals surface area contributed by atoms with Crippen molar-refractivity contribution in [2.75, 3.05) is 5.32 Å². The molecule has 3 nitrogen and oxygen atoms in total. The number of carbonyl (C=O) groups is 1. The quantitative estimate of drug-likeness (QED) is 0.803. The summed E-state index contributed by atoms with van der Waals surface area (Å²) in [5.41, 5.74) is 3.27. The number of benzene rings is 1. The number of carboxylic acid groups (broad SMARTS) is 1. The van der Waals surface area contributed by atoms with Crippen molar-refractivity contribution in [3.63, 3.8) is 0 Å². The minimum Gasteiger partial charge on any atom is -0.480 e. The predicted molar refractivity (Wildman–Crippen MR) is 65.9 cm³/mol. The molecule has 0 fully saturated rings. The number of anilines is 1. The van der Waals surface area contributed by atoms with E-state index in [1.165, 1.54) is 11.1 Å². The van der Waals surface area contributed by atoms with Gasteiger partial charge < -0.3 is 10.4 Å². The van der Waals surface area contributed by atoms with Gasteiger partial charge in [-0.1, -0.05) is 19.4 Å². The van der Waals surface area contributed by atoms with Gasteiger partial charge in [0, 0.05) is 5.69 Å². The van der Waals surface area contributed by atoms with E-state index in [0.29, 0.717) is 6.42 Å². The Labute approximate surface area is 96.5 Å². The number of hydrogen-bond donors (Lipinski definition) is 2. The van der Waals surface area contributed by atoms with Gasteiger partial charge in [-0.3, -0.25) is 0 Å². The summed E-state index contributed by atoms with van der Waals surface area (Å²) >= 11 is 0. The summed E-state index contributed by atoms with van der Waals surface area (Å²) in [5, 5.41) is 12.1. The Hall–Kier alpha value is -1.51. The van der Waals surface area contributed by atoms with Gasteiger partial charge in [0.25, 0.3) is 0 Å². The molecule has 1 atom stereocenters. The third-order valence-corrected chi connectivity index (χ3v) is 2.72. The average molecular weight is 221 g/mol. The first-order valence-corrected chi connectivity index (χ1v) is 5.61. The Morgan fingerprint density at radius 3 is 2.56 bits per heavy atom. The molecule has 1 aromatic rings. The van der Waals surface area contributed by atoms with E-state index >= 15 is 0 Å². The summed E-state index contributed by atoms with van der Waals surface area (Å²) in [4.78, 5) is 11.0. The molecular weight excluding hydrogens is 202 g/mol. The molecule has 0 saturated carbocycles. The number of nitrogens with one attached hydrogen (secondary N) is 1. The van der Waals surface area contributed by atoms with Crippen LogP contribution in [0.2, 0.25) is 0 Å². The van der Waals surface area contributed by atoms with Crippen LogP contribution in [0.3, 0.4) is 0 Å². The van der Waals surface area contributed by atoms with Crippen molar-refractivity contribution in [1.29, 1.82) is 0 Å².